The van der Waals surface area contributed by atoms with Crippen molar-refractivity contribution in [2.45, 2.75) is 6.92 Å². The fraction of sp³-hybridized carbons (Fsp3) is 0.0800. The average Bonchev–Trinajstić information content (AvgIpc) is 3.56. The average molecular weight is 467 g/mol. The van der Waals surface area contributed by atoms with Gasteiger partial charge < -0.3 is 15.4 Å². The van der Waals surface area contributed by atoms with Gasteiger partial charge in [-0.25, -0.2) is 4.99 Å². The zero-order valence-corrected chi connectivity index (χ0v) is 18.9. The van der Waals surface area contributed by atoms with E-state index in [-0.39, 0.29) is 17.6 Å². The van der Waals surface area contributed by atoms with Crippen molar-refractivity contribution in [2.75, 3.05) is 5.32 Å². The molecule has 0 aliphatic heterocycles. The van der Waals surface area contributed by atoms with Crippen molar-refractivity contribution in [3.63, 3.8) is 0 Å². The molecule has 10 nitrogen and oxygen atoms in total. The van der Waals surface area contributed by atoms with E-state index >= 15 is 0 Å². The van der Waals surface area contributed by atoms with E-state index in [1.807, 2.05) is 6.92 Å². The summed E-state index contributed by atoms with van der Waals surface area (Å²) in [5, 5.41) is 24.5. The lowest BCUT2D eigenvalue weighted by atomic mass is 10.0. The van der Waals surface area contributed by atoms with Crippen molar-refractivity contribution < 1.29 is 14.7 Å². The number of carbonyl (C=O) groups excluding carboxylic acids is 2. The van der Waals surface area contributed by atoms with Gasteiger partial charge in [0.2, 0.25) is 0 Å². The summed E-state index contributed by atoms with van der Waals surface area (Å²) in [4.78, 5) is 32.8. The molecule has 0 radical (unpaired) electrons. The van der Waals surface area contributed by atoms with Crippen LogP contribution in [0.4, 0.5) is 11.5 Å². The third kappa shape index (κ3) is 4.32. The molecule has 3 heterocycles. The molecule has 4 N–H and O–H groups in total. The summed E-state index contributed by atoms with van der Waals surface area (Å²) in [6.07, 6.45) is 3.09. The maximum absolute atomic E-state index is 13.1. The van der Waals surface area contributed by atoms with Crippen LogP contribution < -0.4 is 5.32 Å². The monoisotopic (exact) mass is 467 g/mol. The summed E-state index contributed by atoms with van der Waals surface area (Å²) in [6, 6.07) is 15.2. The van der Waals surface area contributed by atoms with Crippen molar-refractivity contribution >= 4 is 40.3 Å². The van der Waals surface area contributed by atoms with E-state index in [4.69, 9.17) is 0 Å². The Morgan fingerprint density at radius 3 is 2.54 bits per heavy atom. The summed E-state index contributed by atoms with van der Waals surface area (Å²) in [5.41, 5.74) is 3.82. The number of nitrogens with zero attached hydrogens (tertiary/aromatic N) is 4. The number of fused-ring (bicyclic) bond motifs is 1. The number of rotatable bonds is 6. The molecular formula is C25H21N7O3. The van der Waals surface area contributed by atoms with Crippen LogP contribution in [0.3, 0.4) is 0 Å². The van der Waals surface area contributed by atoms with E-state index in [1.54, 1.807) is 67.8 Å². The molecule has 0 atom stereocenters. The summed E-state index contributed by atoms with van der Waals surface area (Å²) >= 11 is 0. The maximum atomic E-state index is 13.1. The Hall–Kier alpha value is -4.99. The predicted molar refractivity (Wildman–Crippen MR) is 132 cm³/mol. The molecule has 10 heteroatoms. The molecule has 0 unspecified atom stereocenters. The van der Waals surface area contributed by atoms with Crippen LogP contribution in [0.25, 0.3) is 10.9 Å². The number of carbonyl (C=O) groups is 2. The molecule has 0 aliphatic rings. The van der Waals surface area contributed by atoms with E-state index in [0.717, 1.165) is 5.69 Å². The van der Waals surface area contributed by atoms with Gasteiger partial charge >= 0.3 is 0 Å². The second-order valence-electron chi connectivity index (χ2n) is 8.00. The highest BCUT2D eigenvalue weighted by Gasteiger charge is 2.16. The normalized spacial score (nSPS) is 11.4. The topological polar surface area (TPSA) is 141 Å². The minimum atomic E-state index is -0.283. The third-order valence-electron chi connectivity index (χ3n) is 5.54. The molecule has 5 rings (SSSR count). The van der Waals surface area contributed by atoms with Crippen LogP contribution in [-0.4, -0.2) is 48.0 Å². The molecule has 0 saturated heterocycles. The van der Waals surface area contributed by atoms with Crippen molar-refractivity contribution in [3.05, 3.63) is 88.9 Å². The largest absolute Gasteiger partial charge is 0.494 e. The molecule has 0 saturated carbocycles. The van der Waals surface area contributed by atoms with Gasteiger partial charge in [0.15, 0.2) is 11.7 Å². The number of H-pyrrole nitrogens is 2. The third-order valence-corrected chi connectivity index (χ3v) is 5.54. The van der Waals surface area contributed by atoms with Crippen molar-refractivity contribution in [2.24, 2.45) is 12.0 Å². The van der Waals surface area contributed by atoms with Crippen LogP contribution >= 0.6 is 0 Å². The molecule has 3 aromatic heterocycles. The summed E-state index contributed by atoms with van der Waals surface area (Å²) in [5.74, 6) is 0.0201. The molecule has 5 aromatic rings. The predicted octanol–water partition coefficient (Wildman–Crippen LogP) is 3.87. The zero-order chi connectivity index (χ0) is 24.5. The molecule has 0 bridgehead atoms. The number of amides is 1. The van der Waals surface area contributed by atoms with E-state index in [9.17, 15) is 14.7 Å². The van der Waals surface area contributed by atoms with E-state index in [1.165, 1.54) is 10.9 Å². The van der Waals surface area contributed by atoms with Crippen LogP contribution in [-0.2, 0) is 7.05 Å². The van der Waals surface area contributed by atoms with E-state index in [2.05, 4.69) is 30.6 Å². The number of aromatic hydroxyl groups is 1. The number of aromatic amines is 2. The first kappa shape index (κ1) is 21.8. The van der Waals surface area contributed by atoms with Gasteiger partial charge in [0.1, 0.15) is 11.5 Å². The second kappa shape index (κ2) is 8.75. The molecule has 0 aliphatic carbocycles. The van der Waals surface area contributed by atoms with Gasteiger partial charge in [-0.1, -0.05) is 0 Å². The second-order valence-corrected chi connectivity index (χ2v) is 8.00. The first-order valence-corrected chi connectivity index (χ1v) is 10.7. The van der Waals surface area contributed by atoms with Gasteiger partial charge in [-0.15, -0.1) is 0 Å². The minimum absolute atomic E-state index is 0.0448. The first-order valence-electron chi connectivity index (χ1n) is 10.7. The Kier molecular flexibility index (Phi) is 5.46. The zero-order valence-electron chi connectivity index (χ0n) is 18.9. The Morgan fingerprint density at radius 2 is 1.86 bits per heavy atom. The van der Waals surface area contributed by atoms with Crippen LogP contribution in [0.1, 0.15) is 37.7 Å². The van der Waals surface area contributed by atoms with E-state index in [0.29, 0.717) is 44.8 Å². The fourth-order valence-electron chi connectivity index (χ4n) is 3.81. The molecule has 35 heavy (non-hydrogen) atoms. The first-order chi connectivity index (χ1) is 16.9. The Labute approximate surface area is 199 Å². The number of benzene rings is 2. The molecule has 174 valence electrons. The number of anilines is 1. The van der Waals surface area contributed by atoms with Crippen LogP contribution in [0, 0.1) is 6.92 Å². The number of hydrogen-bond donors (Lipinski definition) is 4. The number of nitrogens with one attached hydrogen (secondary N) is 3. The van der Waals surface area contributed by atoms with Gasteiger partial charge in [-0.3, -0.25) is 19.4 Å². The van der Waals surface area contributed by atoms with Crippen LogP contribution in [0.2, 0.25) is 0 Å². The molecule has 2 aromatic carbocycles. The Bertz CT molecular complexity index is 1580. The number of ketones is 1. The van der Waals surface area contributed by atoms with Crippen molar-refractivity contribution in [3.8, 4) is 5.88 Å². The lowest BCUT2D eigenvalue weighted by Crippen LogP contribution is -2.16. The maximum Gasteiger partial charge on any atom is 0.273 e. The van der Waals surface area contributed by atoms with E-state index < -0.39 is 0 Å². The summed E-state index contributed by atoms with van der Waals surface area (Å²) in [7, 11) is 1.71. The lowest BCUT2D eigenvalue weighted by molar-refractivity contribution is 0.101. The van der Waals surface area contributed by atoms with Gasteiger partial charge in [0, 0.05) is 47.0 Å². The molecule has 0 fully saturated rings. The van der Waals surface area contributed by atoms with Gasteiger partial charge in [-0.05, 0) is 55.5 Å². The summed E-state index contributed by atoms with van der Waals surface area (Å²) in [6.45, 7) is 1.82. The summed E-state index contributed by atoms with van der Waals surface area (Å²) < 4.78 is 1.52. The highest BCUT2D eigenvalue weighted by molar-refractivity contribution is 6.12. The lowest BCUT2D eigenvalue weighted by Gasteiger charge is -2.07. The van der Waals surface area contributed by atoms with Crippen molar-refractivity contribution in [1.29, 1.82) is 0 Å². The van der Waals surface area contributed by atoms with Gasteiger partial charge in [-0.2, -0.15) is 10.2 Å². The number of aryl methyl sites for hydroxylation is 2. The molecular weight excluding hydrogens is 446 g/mol. The Balaban J connectivity index is 1.37. The van der Waals surface area contributed by atoms with Crippen LogP contribution in [0.5, 0.6) is 5.88 Å². The molecule has 1 amide bonds. The molecule has 0 spiro atoms. The van der Waals surface area contributed by atoms with Crippen molar-refractivity contribution in [1.82, 2.24) is 25.0 Å². The smallest absolute Gasteiger partial charge is 0.273 e. The standard InChI is InChI=1S/C25H21N7O3/c1-14-11-21(32(2)31-14)25(35)28-17-6-3-15(4-7-17)23(33)16-5-8-20-18(12-16)19(24(34)29-20)13-26-22-9-10-27-30-22/h3-13,29,34H,1-2H3,(H,27,30)(H,28,35). The van der Waals surface area contributed by atoms with Crippen LogP contribution in [0.15, 0.2) is 65.8 Å². The number of aromatic nitrogens is 5. The minimum Gasteiger partial charge on any atom is -0.494 e. The number of aliphatic imine (C=N–C) groups is 1. The quantitative estimate of drug-likeness (QED) is 0.222. The van der Waals surface area contributed by atoms with Gasteiger partial charge in [0.05, 0.1) is 17.5 Å². The fourth-order valence-corrected chi connectivity index (χ4v) is 3.81. The number of hydrogen-bond acceptors (Lipinski definition) is 6. The highest BCUT2D eigenvalue weighted by Crippen LogP contribution is 2.28. The van der Waals surface area contributed by atoms with Gasteiger partial charge in [0.25, 0.3) is 5.91 Å². The Morgan fingerprint density at radius 1 is 1.09 bits per heavy atom. The SMILES string of the molecule is Cc1cc(C(=O)Nc2ccc(C(=O)c3ccc4[nH]c(O)c(C=Nc5ccn[nH]5)c4c3)cc2)n(C)n1. The highest BCUT2D eigenvalue weighted by atomic mass is 16.3.